The lowest BCUT2D eigenvalue weighted by Crippen LogP contribution is -2.04. The van der Waals surface area contributed by atoms with Crippen molar-refractivity contribution in [2.75, 3.05) is 0 Å². The Kier molecular flexibility index (Phi) is 4.13. The van der Waals surface area contributed by atoms with Crippen LogP contribution in [0.15, 0.2) is 60.7 Å². The topological polar surface area (TPSA) is 17.3 Å². The fourth-order valence-corrected chi connectivity index (χ4v) is 4.54. The predicted molar refractivity (Wildman–Crippen MR) is 125 cm³/mol. The molecule has 5 aromatic rings. The molecule has 146 valence electrons. The van der Waals surface area contributed by atoms with E-state index in [9.17, 15) is 0 Å². The smallest absolute Gasteiger partial charge is 0.146 e. The van der Waals surface area contributed by atoms with Crippen LogP contribution in [-0.2, 0) is 0 Å². The summed E-state index contributed by atoms with van der Waals surface area (Å²) in [6, 6.07) is 22.2. The molecule has 0 radical (unpaired) electrons. The molecule has 0 saturated carbocycles. The Morgan fingerprint density at radius 3 is 2.28 bits per heavy atom. The van der Waals surface area contributed by atoms with Gasteiger partial charge in [0.25, 0.3) is 0 Å². The Hall–Kier alpha value is -2.87. The van der Waals surface area contributed by atoms with Gasteiger partial charge in [0.2, 0.25) is 0 Å². The summed E-state index contributed by atoms with van der Waals surface area (Å²) in [5.74, 6) is 1.53. The average Bonchev–Trinajstić information content (AvgIpc) is 3.11. The third kappa shape index (κ3) is 2.66. The van der Waals surface area contributed by atoms with Gasteiger partial charge in [-0.05, 0) is 52.5 Å². The number of hydrogen-bond acceptors (Lipinski definition) is 1. The van der Waals surface area contributed by atoms with Gasteiger partial charge in [-0.25, -0.2) is 4.98 Å². The van der Waals surface area contributed by atoms with Gasteiger partial charge in [0.05, 0.1) is 16.6 Å². The van der Waals surface area contributed by atoms with Gasteiger partial charge in [-0.15, -0.1) is 0 Å². The van der Waals surface area contributed by atoms with Crippen LogP contribution in [0, 0.1) is 5.92 Å². The third-order valence-corrected chi connectivity index (χ3v) is 6.59. The van der Waals surface area contributed by atoms with Gasteiger partial charge in [-0.2, -0.15) is 0 Å². The Labute approximate surface area is 172 Å². The molecule has 2 heteroatoms. The molecule has 0 amide bonds. The van der Waals surface area contributed by atoms with E-state index in [1.165, 1.54) is 38.3 Å². The highest BCUT2D eigenvalue weighted by atomic mass is 15.0. The van der Waals surface area contributed by atoms with Gasteiger partial charge in [-0.3, -0.25) is 4.40 Å². The van der Waals surface area contributed by atoms with E-state index in [2.05, 4.69) is 99.7 Å². The lowest BCUT2D eigenvalue weighted by Gasteiger charge is -2.20. The van der Waals surface area contributed by atoms with Gasteiger partial charge in [0.1, 0.15) is 5.65 Å². The molecule has 0 aliphatic rings. The summed E-state index contributed by atoms with van der Waals surface area (Å²) in [6.07, 6.45) is 0. The highest BCUT2D eigenvalue weighted by molar-refractivity contribution is 6.15. The van der Waals surface area contributed by atoms with Crippen LogP contribution >= 0.6 is 0 Å². The van der Waals surface area contributed by atoms with E-state index in [1.807, 2.05) is 0 Å². The number of rotatable bonds is 3. The molecule has 2 nitrogen and oxygen atoms in total. The maximum Gasteiger partial charge on any atom is 0.146 e. The van der Waals surface area contributed by atoms with Gasteiger partial charge in [-0.1, -0.05) is 77.1 Å². The Bertz CT molecular complexity index is 1370. The summed E-state index contributed by atoms with van der Waals surface area (Å²) < 4.78 is 2.38. The van der Waals surface area contributed by atoms with Crippen molar-refractivity contribution in [3.05, 3.63) is 71.8 Å². The number of aromatic nitrogens is 2. The molecular formula is C27H28N2. The number of pyridine rings is 1. The fourth-order valence-electron chi connectivity index (χ4n) is 4.54. The van der Waals surface area contributed by atoms with Gasteiger partial charge < -0.3 is 0 Å². The second-order valence-corrected chi connectivity index (χ2v) is 8.99. The quantitative estimate of drug-likeness (QED) is 0.293. The van der Waals surface area contributed by atoms with Crippen molar-refractivity contribution in [2.45, 2.75) is 46.5 Å². The number of para-hydroxylation sites is 1. The molecule has 1 unspecified atom stereocenters. The summed E-state index contributed by atoms with van der Waals surface area (Å²) in [5.41, 5.74) is 7.33. The van der Waals surface area contributed by atoms with Crippen molar-refractivity contribution < 1.29 is 0 Å². The van der Waals surface area contributed by atoms with Crippen LogP contribution < -0.4 is 0 Å². The fraction of sp³-hybridized carbons (Fsp3) is 0.296. The number of nitrogens with zero attached hydrogens (tertiary/aromatic N) is 2. The molecule has 0 saturated heterocycles. The number of hydrogen-bond donors (Lipinski definition) is 0. The Balaban J connectivity index is 2.06. The number of benzene rings is 3. The standard InChI is InChI=1S/C27H28N2/c1-16(2)18(5)20-10-8-11-22-21-9-6-7-12-24(21)29-25-15-19(17(3)4)13-14-23(25)28-27(29)26(20)22/h6-18H,1-5H3. The van der Waals surface area contributed by atoms with Crippen LogP contribution in [0.25, 0.3) is 38.4 Å². The molecule has 0 aliphatic carbocycles. The van der Waals surface area contributed by atoms with Gasteiger partial charge >= 0.3 is 0 Å². The van der Waals surface area contributed by atoms with Crippen molar-refractivity contribution in [3.63, 3.8) is 0 Å². The molecule has 0 N–H and O–H groups in total. The molecule has 0 bridgehead atoms. The zero-order chi connectivity index (χ0) is 20.3. The van der Waals surface area contributed by atoms with Crippen LogP contribution in [0.4, 0.5) is 0 Å². The minimum Gasteiger partial charge on any atom is -0.292 e. The Morgan fingerprint density at radius 2 is 1.52 bits per heavy atom. The highest BCUT2D eigenvalue weighted by Crippen LogP contribution is 2.38. The van der Waals surface area contributed by atoms with E-state index in [0.717, 1.165) is 11.2 Å². The van der Waals surface area contributed by atoms with Crippen LogP contribution in [0.5, 0.6) is 0 Å². The Morgan fingerprint density at radius 1 is 0.759 bits per heavy atom. The zero-order valence-electron chi connectivity index (χ0n) is 17.9. The summed E-state index contributed by atoms with van der Waals surface area (Å²) in [5, 5.41) is 3.90. The molecule has 0 fully saturated rings. The first-order chi connectivity index (χ1) is 14.0. The van der Waals surface area contributed by atoms with Crippen molar-refractivity contribution in [2.24, 2.45) is 5.92 Å². The summed E-state index contributed by atoms with van der Waals surface area (Å²) in [6.45, 7) is 11.4. The SMILES string of the molecule is CC(C)c1ccc2nc3c4c(C(C)C(C)C)cccc4c4ccccc4n3c2c1. The lowest BCUT2D eigenvalue weighted by molar-refractivity contribution is 0.538. The summed E-state index contributed by atoms with van der Waals surface area (Å²) >= 11 is 0. The van der Waals surface area contributed by atoms with E-state index in [-0.39, 0.29) is 0 Å². The molecule has 2 aromatic heterocycles. The monoisotopic (exact) mass is 380 g/mol. The van der Waals surface area contributed by atoms with E-state index in [4.69, 9.17) is 4.98 Å². The van der Waals surface area contributed by atoms with Crippen LogP contribution in [-0.4, -0.2) is 9.38 Å². The average molecular weight is 381 g/mol. The van der Waals surface area contributed by atoms with E-state index < -0.39 is 0 Å². The second-order valence-electron chi connectivity index (χ2n) is 8.99. The van der Waals surface area contributed by atoms with Crippen LogP contribution in [0.2, 0.25) is 0 Å². The van der Waals surface area contributed by atoms with Gasteiger partial charge in [0, 0.05) is 10.8 Å². The first kappa shape index (κ1) is 18.2. The molecule has 2 heterocycles. The third-order valence-electron chi connectivity index (χ3n) is 6.59. The predicted octanol–water partition coefficient (Wildman–Crippen LogP) is 7.68. The maximum atomic E-state index is 5.16. The van der Waals surface area contributed by atoms with Crippen LogP contribution in [0.1, 0.15) is 57.6 Å². The molecule has 0 spiro atoms. The zero-order valence-corrected chi connectivity index (χ0v) is 17.9. The van der Waals surface area contributed by atoms with Crippen molar-refractivity contribution in [3.8, 4) is 0 Å². The minimum absolute atomic E-state index is 0.467. The van der Waals surface area contributed by atoms with E-state index in [1.54, 1.807) is 0 Å². The molecular weight excluding hydrogens is 352 g/mol. The van der Waals surface area contributed by atoms with Gasteiger partial charge in [0.15, 0.2) is 0 Å². The molecule has 29 heavy (non-hydrogen) atoms. The number of imidazole rings is 1. The molecule has 3 aromatic carbocycles. The first-order valence-corrected chi connectivity index (χ1v) is 10.7. The molecule has 0 aliphatic heterocycles. The minimum atomic E-state index is 0.467. The lowest BCUT2D eigenvalue weighted by atomic mass is 9.86. The summed E-state index contributed by atoms with van der Waals surface area (Å²) in [4.78, 5) is 5.16. The van der Waals surface area contributed by atoms with E-state index in [0.29, 0.717) is 17.8 Å². The van der Waals surface area contributed by atoms with Crippen molar-refractivity contribution >= 4 is 38.4 Å². The van der Waals surface area contributed by atoms with Crippen molar-refractivity contribution in [1.82, 2.24) is 9.38 Å². The normalized spacial score (nSPS) is 13.5. The maximum absolute atomic E-state index is 5.16. The van der Waals surface area contributed by atoms with E-state index >= 15 is 0 Å². The largest absolute Gasteiger partial charge is 0.292 e. The molecule has 1 atom stereocenters. The molecule has 5 rings (SSSR count). The highest BCUT2D eigenvalue weighted by Gasteiger charge is 2.20. The van der Waals surface area contributed by atoms with Crippen molar-refractivity contribution in [1.29, 1.82) is 0 Å². The second kappa shape index (κ2) is 6.59. The number of fused-ring (bicyclic) bond motifs is 8. The summed E-state index contributed by atoms with van der Waals surface area (Å²) in [7, 11) is 0. The first-order valence-electron chi connectivity index (χ1n) is 10.7. The van der Waals surface area contributed by atoms with Crippen LogP contribution in [0.3, 0.4) is 0 Å².